The van der Waals surface area contributed by atoms with Crippen LogP contribution in [0.25, 0.3) is 0 Å². The second kappa shape index (κ2) is 7.73. The first-order chi connectivity index (χ1) is 11.0. The molecule has 0 unspecified atom stereocenters. The average molecular weight is 323 g/mol. The van der Waals surface area contributed by atoms with Crippen LogP contribution in [0.15, 0.2) is 12.3 Å². The van der Waals surface area contributed by atoms with Crippen LogP contribution < -0.4 is 5.32 Å². The van der Waals surface area contributed by atoms with E-state index in [-0.39, 0.29) is 30.8 Å². The number of hydrogen-bond acceptors (Lipinski definition) is 5. The van der Waals surface area contributed by atoms with Crippen molar-refractivity contribution in [3.05, 3.63) is 18.0 Å². The lowest BCUT2D eigenvalue weighted by atomic mass is 10.2. The summed E-state index contributed by atoms with van der Waals surface area (Å²) in [4.78, 5) is 39.1. The van der Waals surface area contributed by atoms with Gasteiger partial charge in [0.15, 0.2) is 0 Å². The minimum Gasteiger partial charge on any atom is -0.383 e. The quantitative estimate of drug-likeness (QED) is 0.641. The van der Waals surface area contributed by atoms with Crippen LogP contribution >= 0.6 is 0 Å². The Hall–Kier alpha value is -2.42. The van der Waals surface area contributed by atoms with Crippen molar-refractivity contribution in [1.82, 2.24) is 24.9 Å². The molecule has 0 spiro atoms. The molecule has 1 aliphatic rings. The Balaban J connectivity index is 1.85. The van der Waals surface area contributed by atoms with Gasteiger partial charge in [-0.15, -0.1) is 0 Å². The molecule has 9 nitrogen and oxygen atoms in total. The molecular weight excluding hydrogens is 302 g/mol. The second-order valence-corrected chi connectivity index (χ2v) is 5.22. The fourth-order valence-corrected chi connectivity index (χ4v) is 2.32. The normalized spacial score (nSPS) is 15.0. The highest BCUT2D eigenvalue weighted by Crippen LogP contribution is 2.08. The number of methoxy groups -OCH3 is 1. The zero-order valence-corrected chi connectivity index (χ0v) is 13.3. The first-order valence-electron chi connectivity index (χ1n) is 7.33. The molecule has 1 saturated heterocycles. The number of carbonyl (C=O) groups is 3. The molecule has 1 N–H and O–H groups in total. The maximum absolute atomic E-state index is 12.3. The number of ether oxygens (including phenoxy) is 1. The summed E-state index contributed by atoms with van der Waals surface area (Å²) < 4.78 is 6.32. The first-order valence-corrected chi connectivity index (χ1v) is 7.33. The van der Waals surface area contributed by atoms with Crippen LogP contribution in [0.2, 0.25) is 0 Å². The number of hydrogen-bond donors (Lipinski definition) is 1. The highest BCUT2D eigenvalue weighted by atomic mass is 16.5. The predicted octanol–water partition coefficient (Wildman–Crippen LogP) is -1.53. The lowest BCUT2D eigenvalue weighted by molar-refractivity contribution is -0.139. The van der Waals surface area contributed by atoms with Gasteiger partial charge in [0.2, 0.25) is 11.8 Å². The fourth-order valence-electron chi connectivity index (χ4n) is 2.32. The molecule has 1 aliphatic heterocycles. The van der Waals surface area contributed by atoms with E-state index in [1.165, 1.54) is 20.7 Å². The van der Waals surface area contributed by atoms with Gasteiger partial charge in [-0.2, -0.15) is 5.10 Å². The van der Waals surface area contributed by atoms with Gasteiger partial charge in [-0.25, -0.2) is 0 Å². The summed E-state index contributed by atoms with van der Waals surface area (Å²) in [6, 6.07) is 1.61. The van der Waals surface area contributed by atoms with Gasteiger partial charge < -0.3 is 19.9 Å². The maximum Gasteiger partial charge on any atom is 0.272 e. The van der Waals surface area contributed by atoms with Crippen molar-refractivity contribution in [3.63, 3.8) is 0 Å². The Labute approximate surface area is 134 Å². The van der Waals surface area contributed by atoms with Gasteiger partial charge in [0.1, 0.15) is 12.2 Å². The van der Waals surface area contributed by atoms with Crippen LogP contribution in [-0.4, -0.2) is 83.7 Å². The molecule has 3 amide bonds. The molecule has 1 aromatic heterocycles. The van der Waals surface area contributed by atoms with E-state index in [0.29, 0.717) is 31.9 Å². The van der Waals surface area contributed by atoms with E-state index in [2.05, 4.69) is 10.4 Å². The number of rotatable bonds is 6. The third-order valence-corrected chi connectivity index (χ3v) is 3.61. The predicted molar refractivity (Wildman–Crippen MR) is 80.6 cm³/mol. The van der Waals surface area contributed by atoms with Crippen molar-refractivity contribution >= 4 is 17.7 Å². The lowest BCUT2D eigenvalue weighted by Gasteiger charge is -2.33. The third kappa shape index (κ3) is 4.28. The maximum atomic E-state index is 12.3. The molecule has 1 aromatic rings. The van der Waals surface area contributed by atoms with Crippen LogP contribution in [0.5, 0.6) is 0 Å². The summed E-state index contributed by atoms with van der Waals surface area (Å²) >= 11 is 0. The summed E-state index contributed by atoms with van der Waals surface area (Å²) in [5, 5.41) is 6.62. The molecule has 23 heavy (non-hydrogen) atoms. The second-order valence-electron chi connectivity index (χ2n) is 5.22. The summed E-state index contributed by atoms with van der Waals surface area (Å²) in [5.41, 5.74) is 0.434. The molecule has 2 heterocycles. The van der Waals surface area contributed by atoms with Gasteiger partial charge >= 0.3 is 0 Å². The summed E-state index contributed by atoms with van der Waals surface area (Å²) in [6.07, 6.45) is 1.54. The fraction of sp³-hybridized carbons (Fsp3) is 0.571. The van der Waals surface area contributed by atoms with E-state index < -0.39 is 0 Å². The molecule has 1 fully saturated rings. The monoisotopic (exact) mass is 323 g/mol. The van der Waals surface area contributed by atoms with Gasteiger partial charge in [-0.3, -0.25) is 19.1 Å². The Kier molecular flexibility index (Phi) is 5.69. The number of nitrogens with one attached hydrogen (secondary N) is 1. The van der Waals surface area contributed by atoms with Crippen LogP contribution in [0.4, 0.5) is 0 Å². The average Bonchev–Trinajstić information content (AvgIpc) is 2.95. The zero-order chi connectivity index (χ0) is 16.8. The topological polar surface area (TPSA) is 96.8 Å². The first kappa shape index (κ1) is 16.9. The van der Waals surface area contributed by atoms with E-state index >= 15 is 0 Å². The van der Waals surface area contributed by atoms with E-state index in [1.54, 1.807) is 20.2 Å². The minimum atomic E-state index is -0.242. The molecular formula is C14H21N5O4. The highest BCUT2D eigenvalue weighted by molar-refractivity contribution is 5.96. The molecule has 2 rings (SSSR count). The Bertz CT molecular complexity index is 585. The van der Waals surface area contributed by atoms with Crippen LogP contribution in [0, 0.1) is 0 Å². The van der Waals surface area contributed by atoms with Crippen molar-refractivity contribution in [3.8, 4) is 0 Å². The van der Waals surface area contributed by atoms with Gasteiger partial charge in [0, 0.05) is 40.0 Å². The van der Waals surface area contributed by atoms with Crippen LogP contribution in [0.3, 0.4) is 0 Å². The number of piperazine rings is 1. The Morgan fingerprint density at radius 3 is 2.78 bits per heavy atom. The molecule has 0 aromatic carbocycles. The minimum absolute atomic E-state index is 0.00368. The standard InChI is InChI=1S/C14H21N5O4/c1-17-11(3-4-16-17)14(22)19-7-6-18(13(21)10-19)9-12(20)15-5-8-23-2/h3-4H,5-10H2,1-2H3,(H,15,20). The van der Waals surface area contributed by atoms with Crippen LogP contribution in [0.1, 0.15) is 10.5 Å². The number of aryl methyl sites for hydroxylation is 1. The smallest absolute Gasteiger partial charge is 0.272 e. The van der Waals surface area contributed by atoms with Gasteiger partial charge in [-0.1, -0.05) is 0 Å². The summed E-state index contributed by atoms with van der Waals surface area (Å²) in [6.45, 7) is 1.52. The lowest BCUT2D eigenvalue weighted by Crippen LogP contribution is -2.54. The molecule has 0 atom stereocenters. The van der Waals surface area contributed by atoms with Crippen molar-refractivity contribution in [2.75, 3.05) is 46.4 Å². The molecule has 0 bridgehead atoms. The van der Waals surface area contributed by atoms with Gasteiger partial charge in [-0.05, 0) is 6.07 Å². The molecule has 126 valence electrons. The summed E-state index contributed by atoms with van der Waals surface area (Å²) in [7, 11) is 3.23. The number of nitrogens with zero attached hydrogens (tertiary/aromatic N) is 4. The largest absolute Gasteiger partial charge is 0.383 e. The highest BCUT2D eigenvalue weighted by Gasteiger charge is 2.29. The van der Waals surface area contributed by atoms with E-state index in [1.807, 2.05) is 0 Å². The van der Waals surface area contributed by atoms with Crippen molar-refractivity contribution in [2.24, 2.45) is 7.05 Å². The Morgan fingerprint density at radius 2 is 2.17 bits per heavy atom. The van der Waals surface area contributed by atoms with E-state index in [9.17, 15) is 14.4 Å². The van der Waals surface area contributed by atoms with E-state index in [0.717, 1.165) is 0 Å². The van der Waals surface area contributed by atoms with Gasteiger partial charge in [0.05, 0.1) is 13.2 Å². The number of carbonyl (C=O) groups excluding carboxylic acids is 3. The van der Waals surface area contributed by atoms with Crippen molar-refractivity contribution in [2.45, 2.75) is 0 Å². The van der Waals surface area contributed by atoms with Gasteiger partial charge in [0.25, 0.3) is 5.91 Å². The molecule has 0 saturated carbocycles. The number of amides is 3. The summed E-state index contributed by atoms with van der Waals surface area (Å²) in [5.74, 6) is -0.710. The van der Waals surface area contributed by atoms with Crippen molar-refractivity contribution in [1.29, 1.82) is 0 Å². The SMILES string of the molecule is COCCNC(=O)CN1CCN(C(=O)c2ccnn2C)CC1=O. The van der Waals surface area contributed by atoms with E-state index in [4.69, 9.17) is 4.74 Å². The molecule has 9 heteroatoms. The third-order valence-electron chi connectivity index (χ3n) is 3.61. The molecule has 0 aliphatic carbocycles. The van der Waals surface area contributed by atoms with Crippen molar-refractivity contribution < 1.29 is 19.1 Å². The zero-order valence-electron chi connectivity index (χ0n) is 13.3. The van der Waals surface area contributed by atoms with Crippen LogP contribution in [-0.2, 0) is 21.4 Å². The Morgan fingerprint density at radius 1 is 1.39 bits per heavy atom. The molecule has 0 radical (unpaired) electrons. The number of aromatic nitrogens is 2.